The summed E-state index contributed by atoms with van der Waals surface area (Å²) in [6.45, 7) is 0.342. The molecular formula is C13H17N3O4. The second-order valence-corrected chi connectivity index (χ2v) is 4.92. The Morgan fingerprint density at radius 1 is 1.55 bits per heavy atom. The number of para-hydroxylation sites is 1. The Morgan fingerprint density at radius 3 is 2.75 bits per heavy atom. The van der Waals surface area contributed by atoms with Crippen LogP contribution >= 0.6 is 0 Å². The number of hydrogen-bond donors (Lipinski definition) is 2. The van der Waals surface area contributed by atoms with E-state index in [1.807, 2.05) is 0 Å². The predicted octanol–water partition coefficient (Wildman–Crippen LogP) is 1.48. The molecule has 1 saturated carbocycles. The number of nitrogens with zero attached hydrogens (tertiary/aromatic N) is 1. The van der Waals surface area contributed by atoms with Crippen LogP contribution in [-0.2, 0) is 4.74 Å². The summed E-state index contributed by atoms with van der Waals surface area (Å²) >= 11 is 0. The van der Waals surface area contributed by atoms with Crippen LogP contribution in [0.5, 0.6) is 0 Å². The molecule has 1 fully saturated rings. The van der Waals surface area contributed by atoms with E-state index in [0.717, 1.165) is 19.3 Å². The molecule has 0 aliphatic heterocycles. The highest BCUT2D eigenvalue weighted by atomic mass is 16.6. The van der Waals surface area contributed by atoms with Gasteiger partial charge in [-0.25, -0.2) is 0 Å². The molecule has 3 N–H and O–H groups in total. The largest absolute Gasteiger partial charge is 0.393 e. The summed E-state index contributed by atoms with van der Waals surface area (Å²) in [4.78, 5) is 22.5. The van der Waals surface area contributed by atoms with Crippen LogP contribution in [0.25, 0.3) is 0 Å². The highest BCUT2D eigenvalue weighted by Crippen LogP contribution is 2.34. The molecule has 1 aromatic carbocycles. The zero-order valence-corrected chi connectivity index (χ0v) is 11.2. The molecule has 1 amide bonds. The van der Waals surface area contributed by atoms with E-state index in [1.165, 1.54) is 18.2 Å². The van der Waals surface area contributed by atoms with E-state index in [-0.39, 0.29) is 22.5 Å². The van der Waals surface area contributed by atoms with E-state index in [1.54, 1.807) is 7.11 Å². The summed E-state index contributed by atoms with van der Waals surface area (Å²) in [7, 11) is 1.61. The lowest BCUT2D eigenvalue weighted by atomic mass is 9.80. The molecule has 0 radical (unpaired) electrons. The Balaban J connectivity index is 2.13. The van der Waals surface area contributed by atoms with Crippen LogP contribution in [-0.4, -0.2) is 30.1 Å². The number of carbonyl (C=O) groups excluding carboxylic acids is 1. The molecule has 1 aliphatic rings. The van der Waals surface area contributed by atoms with E-state index < -0.39 is 10.8 Å². The quantitative estimate of drug-likeness (QED) is 0.482. The van der Waals surface area contributed by atoms with Crippen molar-refractivity contribution in [2.24, 2.45) is 0 Å². The van der Waals surface area contributed by atoms with Crippen molar-refractivity contribution < 1.29 is 14.5 Å². The van der Waals surface area contributed by atoms with Crippen molar-refractivity contribution >= 4 is 17.3 Å². The number of methoxy groups -OCH3 is 1. The zero-order chi connectivity index (χ0) is 14.8. The molecule has 0 atom stereocenters. The molecule has 1 aliphatic carbocycles. The molecule has 0 heterocycles. The number of ether oxygens (including phenoxy) is 1. The van der Waals surface area contributed by atoms with Gasteiger partial charge in [-0.05, 0) is 31.4 Å². The lowest BCUT2D eigenvalue weighted by molar-refractivity contribution is -0.384. The second kappa shape index (κ2) is 5.46. The Bertz CT molecular complexity index is 535. The van der Waals surface area contributed by atoms with Gasteiger partial charge in [0.25, 0.3) is 5.91 Å². The molecule has 7 heteroatoms. The van der Waals surface area contributed by atoms with Crippen LogP contribution < -0.4 is 11.1 Å². The van der Waals surface area contributed by atoms with Crippen molar-refractivity contribution in [1.82, 2.24) is 5.32 Å². The number of nitrogen functional groups attached to an aromatic ring is 1. The number of nitrogens with two attached hydrogens (primary N) is 1. The van der Waals surface area contributed by atoms with Crippen LogP contribution in [0.3, 0.4) is 0 Å². The fraction of sp³-hybridized carbons (Fsp3) is 0.462. The maximum absolute atomic E-state index is 12.1. The van der Waals surface area contributed by atoms with E-state index in [0.29, 0.717) is 6.54 Å². The number of nitro benzene ring substituents is 1. The molecular weight excluding hydrogens is 262 g/mol. The first-order valence-corrected chi connectivity index (χ1v) is 6.35. The summed E-state index contributed by atoms with van der Waals surface area (Å²) in [5.74, 6) is -0.507. The fourth-order valence-electron chi connectivity index (χ4n) is 2.31. The third kappa shape index (κ3) is 2.57. The van der Waals surface area contributed by atoms with Gasteiger partial charge in [0.15, 0.2) is 0 Å². The van der Waals surface area contributed by atoms with Gasteiger partial charge < -0.3 is 15.8 Å². The van der Waals surface area contributed by atoms with Crippen LogP contribution in [0.15, 0.2) is 18.2 Å². The topological polar surface area (TPSA) is 107 Å². The molecule has 20 heavy (non-hydrogen) atoms. The number of rotatable bonds is 5. The summed E-state index contributed by atoms with van der Waals surface area (Å²) in [6, 6.07) is 4.31. The first-order valence-electron chi connectivity index (χ1n) is 6.35. The number of amides is 1. The lowest BCUT2D eigenvalue weighted by Crippen LogP contribution is -2.49. The van der Waals surface area contributed by atoms with Crippen molar-refractivity contribution in [3.8, 4) is 0 Å². The fourth-order valence-corrected chi connectivity index (χ4v) is 2.31. The van der Waals surface area contributed by atoms with Crippen molar-refractivity contribution in [3.05, 3.63) is 33.9 Å². The third-order valence-corrected chi connectivity index (χ3v) is 3.76. The second-order valence-electron chi connectivity index (χ2n) is 4.92. The highest BCUT2D eigenvalue weighted by Gasteiger charge is 2.37. The Morgan fingerprint density at radius 2 is 2.25 bits per heavy atom. The number of carbonyl (C=O) groups is 1. The third-order valence-electron chi connectivity index (χ3n) is 3.76. The zero-order valence-electron chi connectivity index (χ0n) is 11.2. The minimum atomic E-state index is -0.639. The molecule has 2 rings (SSSR count). The molecule has 7 nitrogen and oxygen atoms in total. The maximum atomic E-state index is 12.1. The molecule has 0 aromatic heterocycles. The lowest BCUT2D eigenvalue weighted by Gasteiger charge is -2.40. The first-order chi connectivity index (χ1) is 9.49. The van der Waals surface area contributed by atoms with E-state index in [2.05, 4.69) is 5.32 Å². The average molecular weight is 279 g/mol. The molecule has 1 aromatic rings. The van der Waals surface area contributed by atoms with Gasteiger partial charge in [-0.1, -0.05) is 6.07 Å². The molecule has 0 spiro atoms. The average Bonchev–Trinajstić information content (AvgIpc) is 2.37. The highest BCUT2D eigenvalue weighted by molar-refractivity contribution is 6.00. The van der Waals surface area contributed by atoms with Crippen LogP contribution in [0.1, 0.15) is 29.6 Å². The van der Waals surface area contributed by atoms with E-state index in [9.17, 15) is 14.9 Å². The minimum absolute atomic E-state index is 0.0206. The van der Waals surface area contributed by atoms with Crippen molar-refractivity contribution in [2.75, 3.05) is 19.4 Å². The van der Waals surface area contributed by atoms with Gasteiger partial charge in [-0.15, -0.1) is 0 Å². The van der Waals surface area contributed by atoms with E-state index >= 15 is 0 Å². The monoisotopic (exact) mass is 279 g/mol. The van der Waals surface area contributed by atoms with E-state index in [4.69, 9.17) is 10.5 Å². The number of anilines is 1. The molecule has 0 unspecified atom stereocenters. The van der Waals surface area contributed by atoms with Gasteiger partial charge in [-0.2, -0.15) is 0 Å². The predicted molar refractivity (Wildman–Crippen MR) is 73.4 cm³/mol. The summed E-state index contributed by atoms with van der Waals surface area (Å²) in [6.07, 6.45) is 2.81. The number of benzene rings is 1. The SMILES string of the molecule is COC1(CNC(=O)c2cccc(N)c2[N+](=O)[O-])CCC1. The molecule has 108 valence electrons. The van der Waals surface area contributed by atoms with Gasteiger partial charge in [0, 0.05) is 13.7 Å². The van der Waals surface area contributed by atoms with Crippen LogP contribution in [0, 0.1) is 10.1 Å². The number of nitro groups is 1. The Hall–Kier alpha value is -2.15. The van der Waals surface area contributed by atoms with Gasteiger partial charge >= 0.3 is 5.69 Å². The smallest absolute Gasteiger partial charge is 0.304 e. The van der Waals surface area contributed by atoms with Gasteiger partial charge in [0.2, 0.25) is 0 Å². The standard InChI is InChI=1S/C13H17N3O4/c1-20-13(6-3-7-13)8-15-12(17)9-4-2-5-10(14)11(9)16(18)19/h2,4-5H,3,6-8,14H2,1H3,(H,15,17). The van der Waals surface area contributed by atoms with Gasteiger partial charge in [0.05, 0.1) is 10.5 Å². The van der Waals surface area contributed by atoms with Crippen molar-refractivity contribution in [1.29, 1.82) is 0 Å². The molecule has 0 bridgehead atoms. The normalized spacial score (nSPS) is 16.2. The van der Waals surface area contributed by atoms with Gasteiger partial charge in [0.1, 0.15) is 11.3 Å². The Labute approximate surface area is 116 Å². The minimum Gasteiger partial charge on any atom is -0.393 e. The van der Waals surface area contributed by atoms with Crippen molar-refractivity contribution in [2.45, 2.75) is 24.9 Å². The first kappa shape index (κ1) is 14.3. The van der Waals surface area contributed by atoms with Crippen LogP contribution in [0.4, 0.5) is 11.4 Å². The number of nitrogens with one attached hydrogen (secondary N) is 1. The number of hydrogen-bond acceptors (Lipinski definition) is 5. The maximum Gasteiger partial charge on any atom is 0.304 e. The summed E-state index contributed by atoms with van der Waals surface area (Å²) in [5, 5.41) is 13.7. The van der Waals surface area contributed by atoms with Crippen LogP contribution in [0.2, 0.25) is 0 Å². The summed E-state index contributed by atoms with van der Waals surface area (Å²) < 4.78 is 5.39. The van der Waals surface area contributed by atoms with Crippen molar-refractivity contribution in [3.63, 3.8) is 0 Å². The Kier molecular flexibility index (Phi) is 3.89. The molecule has 0 saturated heterocycles. The summed E-state index contributed by atoms with van der Waals surface area (Å²) in [5.41, 5.74) is 4.83. The van der Waals surface area contributed by atoms with Gasteiger partial charge in [-0.3, -0.25) is 14.9 Å².